The molecule has 0 radical (unpaired) electrons. The molecule has 2 heterocycles. The summed E-state index contributed by atoms with van der Waals surface area (Å²) in [5.74, 6) is 0.869. The van der Waals surface area contributed by atoms with Gasteiger partial charge in [-0.3, -0.25) is 9.56 Å². The Morgan fingerprint density at radius 3 is 2.81 bits per heavy atom. The maximum atomic E-state index is 5.75. The van der Waals surface area contributed by atoms with Gasteiger partial charge in [0.25, 0.3) is 0 Å². The van der Waals surface area contributed by atoms with Crippen LogP contribution in [0.1, 0.15) is 18.4 Å². The summed E-state index contributed by atoms with van der Waals surface area (Å²) in [5.41, 5.74) is 4.48. The number of hydrogen-bond donors (Lipinski definition) is 0. The lowest BCUT2D eigenvalue weighted by atomic mass is 10.1. The second-order valence-corrected chi connectivity index (χ2v) is 7.59. The lowest BCUT2D eigenvalue weighted by molar-refractivity contribution is 0.117. The number of benzene rings is 2. The van der Waals surface area contributed by atoms with Gasteiger partial charge in [-0.15, -0.1) is 11.3 Å². The minimum atomic E-state index is 0.244. The number of nitrogens with zero attached hydrogens (tertiary/aromatic N) is 2. The van der Waals surface area contributed by atoms with Crippen molar-refractivity contribution in [3.05, 3.63) is 64.3 Å². The van der Waals surface area contributed by atoms with Gasteiger partial charge in [-0.1, -0.05) is 29.8 Å². The molecule has 140 valence electrons. The summed E-state index contributed by atoms with van der Waals surface area (Å²) in [5, 5.41) is 2.17. The summed E-state index contributed by atoms with van der Waals surface area (Å²) < 4.78 is 13.6. The zero-order valence-electron chi connectivity index (χ0n) is 15.7. The van der Waals surface area contributed by atoms with Crippen molar-refractivity contribution in [2.45, 2.75) is 25.9 Å². The van der Waals surface area contributed by atoms with Crippen molar-refractivity contribution in [2.24, 2.45) is 4.99 Å². The largest absolute Gasteiger partial charge is 0.496 e. The highest BCUT2D eigenvalue weighted by atomic mass is 32.1. The van der Waals surface area contributed by atoms with Crippen LogP contribution in [-0.2, 0) is 4.74 Å². The van der Waals surface area contributed by atoms with Crippen LogP contribution in [0.2, 0.25) is 0 Å². The predicted octanol–water partition coefficient (Wildman–Crippen LogP) is 4.60. The summed E-state index contributed by atoms with van der Waals surface area (Å²) in [6.07, 6.45) is 2.47. The van der Waals surface area contributed by atoms with Crippen molar-refractivity contribution in [2.75, 3.05) is 20.3 Å². The first-order chi connectivity index (χ1) is 13.3. The number of thiazole rings is 1. The molecule has 1 fully saturated rings. The van der Waals surface area contributed by atoms with E-state index in [2.05, 4.69) is 53.3 Å². The molecule has 5 heteroatoms. The van der Waals surface area contributed by atoms with Crippen LogP contribution in [0.3, 0.4) is 0 Å². The fourth-order valence-corrected chi connectivity index (χ4v) is 4.33. The summed E-state index contributed by atoms with van der Waals surface area (Å²) in [7, 11) is 1.72. The van der Waals surface area contributed by atoms with E-state index in [-0.39, 0.29) is 6.10 Å². The molecule has 4 nitrogen and oxygen atoms in total. The molecular formula is C22H24N2O2S. The van der Waals surface area contributed by atoms with E-state index in [4.69, 9.17) is 14.5 Å². The summed E-state index contributed by atoms with van der Waals surface area (Å²) >= 11 is 1.66. The topological polar surface area (TPSA) is 35.8 Å². The van der Waals surface area contributed by atoms with E-state index >= 15 is 0 Å². The fourth-order valence-electron chi connectivity index (χ4n) is 3.43. The first kappa shape index (κ1) is 18.0. The first-order valence-electron chi connectivity index (χ1n) is 9.29. The molecule has 27 heavy (non-hydrogen) atoms. The molecular weight excluding hydrogens is 356 g/mol. The molecule has 0 saturated carbocycles. The van der Waals surface area contributed by atoms with Crippen molar-refractivity contribution in [3.63, 3.8) is 0 Å². The second kappa shape index (κ2) is 8.11. The normalized spacial score (nSPS) is 17.4. The molecule has 0 N–H and O–H groups in total. The monoisotopic (exact) mass is 380 g/mol. The first-order valence-corrected chi connectivity index (χ1v) is 10.2. The van der Waals surface area contributed by atoms with Gasteiger partial charge < -0.3 is 9.47 Å². The van der Waals surface area contributed by atoms with E-state index in [9.17, 15) is 0 Å². The van der Waals surface area contributed by atoms with E-state index in [0.29, 0.717) is 6.54 Å². The van der Waals surface area contributed by atoms with Crippen LogP contribution >= 0.6 is 11.3 Å². The van der Waals surface area contributed by atoms with Gasteiger partial charge in [-0.25, -0.2) is 0 Å². The van der Waals surface area contributed by atoms with Gasteiger partial charge in [0, 0.05) is 23.2 Å². The third kappa shape index (κ3) is 3.84. The average Bonchev–Trinajstić information content (AvgIpc) is 3.36. The molecule has 1 unspecified atom stereocenters. The lowest BCUT2D eigenvalue weighted by Gasteiger charge is -2.13. The summed E-state index contributed by atoms with van der Waals surface area (Å²) in [4.78, 5) is 5.89. The zero-order valence-corrected chi connectivity index (χ0v) is 16.5. The maximum absolute atomic E-state index is 5.75. The smallest absolute Gasteiger partial charge is 0.189 e. The minimum Gasteiger partial charge on any atom is -0.496 e. The third-order valence-electron chi connectivity index (χ3n) is 4.81. The highest BCUT2D eigenvalue weighted by molar-refractivity contribution is 7.07. The van der Waals surface area contributed by atoms with Crippen LogP contribution in [-0.4, -0.2) is 30.9 Å². The molecule has 1 atom stereocenters. The van der Waals surface area contributed by atoms with Crippen LogP contribution in [0.25, 0.3) is 16.9 Å². The van der Waals surface area contributed by atoms with Crippen molar-refractivity contribution in [1.29, 1.82) is 0 Å². The fraction of sp³-hybridized carbons (Fsp3) is 0.318. The number of hydrogen-bond acceptors (Lipinski definition) is 4. The molecule has 0 spiro atoms. The van der Waals surface area contributed by atoms with Gasteiger partial charge in [0.2, 0.25) is 0 Å². The predicted molar refractivity (Wildman–Crippen MR) is 110 cm³/mol. The third-order valence-corrected chi connectivity index (χ3v) is 5.67. The Balaban J connectivity index is 1.85. The SMILES string of the molecule is COc1ccc(C)cc1-c1csc(=NCC2CCCO2)n1-c1ccccc1. The number of ether oxygens (including phenoxy) is 2. The highest BCUT2D eigenvalue weighted by Gasteiger charge is 2.17. The van der Waals surface area contributed by atoms with Gasteiger partial charge in [0.1, 0.15) is 5.75 Å². The Hall–Kier alpha value is -2.37. The standard InChI is InChI=1S/C22H24N2O2S/c1-16-10-11-21(25-2)19(13-16)20-15-27-22(23-14-18-9-6-12-26-18)24(20)17-7-4-3-5-8-17/h3-5,7-8,10-11,13,15,18H,6,9,12,14H2,1-2H3. The molecule has 1 aliphatic rings. The average molecular weight is 381 g/mol. The molecule has 1 saturated heterocycles. The van der Waals surface area contributed by atoms with Crippen molar-refractivity contribution >= 4 is 11.3 Å². The number of methoxy groups -OCH3 is 1. The Labute approximate surface area is 163 Å². The lowest BCUT2D eigenvalue weighted by Crippen LogP contribution is -2.18. The molecule has 0 bridgehead atoms. The Morgan fingerprint density at radius 2 is 2.07 bits per heavy atom. The molecule has 0 aliphatic carbocycles. The summed E-state index contributed by atoms with van der Waals surface area (Å²) in [6.45, 7) is 3.66. The summed E-state index contributed by atoms with van der Waals surface area (Å²) in [6, 6.07) is 16.7. The van der Waals surface area contributed by atoms with Gasteiger partial charge in [-0.2, -0.15) is 0 Å². The van der Waals surface area contributed by atoms with Crippen LogP contribution in [0.15, 0.2) is 58.9 Å². The van der Waals surface area contributed by atoms with Crippen molar-refractivity contribution in [3.8, 4) is 22.7 Å². The number of aromatic nitrogens is 1. The van der Waals surface area contributed by atoms with Gasteiger partial charge >= 0.3 is 0 Å². The van der Waals surface area contributed by atoms with Crippen LogP contribution in [0.5, 0.6) is 5.75 Å². The Morgan fingerprint density at radius 1 is 1.22 bits per heavy atom. The molecule has 0 amide bonds. The van der Waals surface area contributed by atoms with E-state index < -0.39 is 0 Å². The molecule has 1 aliphatic heterocycles. The number of aryl methyl sites for hydroxylation is 1. The Bertz CT molecular complexity index is 969. The van der Waals surface area contributed by atoms with Crippen LogP contribution in [0, 0.1) is 6.92 Å². The Kier molecular flexibility index (Phi) is 5.41. The molecule has 1 aromatic heterocycles. The highest BCUT2D eigenvalue weighted by Crippen LogP contribution is 2.32. The van der Waals surface area contributed by atoms with Gasteiger partial charge in [0.15, 0.2) is 4.80 Å². The van der Waals surface area contributed by atoms with E-state index in [1.54, 1.807) is 18.4 Å². The van der Waals surface area contributed by atoms with E-state index in [0.717, 1.165) is 46.9 Å². The minimum absolute atomic E-state index is 0.244. The van der Waals surface area contributed by atoms with Gasteiger partial charge in [0.05, 0.1) is 25.5 Å². The molecule has 4 rings (SSSR count). The van der Waals surface area contributed by atoms with Crippen molar-refractivity contribution in [1.82, 2.24) is 4.57 Å². The number of para-hydroxylation sites is 1. The molecule has 2 aromatic carbocycles. The quantitative estimate of drug-likeness (QED) is 0.648. The second-order valence-electron chi connectivity index (χ2n) is 6.75. The van der Waals surface area contributed by atoms with Crippen molar-refractivity contribution < 1.29 is 9.47 Å². The zero-order chi connectivity index (χ0) is 18.6. The maximum Gasteiger partial charge on any atom is 0.189 e. The van der Waals surface area contributed by atoms with Crippen LogP contribution < -0.4 is 9.54 Å². The van der Waals surface area contributed by atoms with Crippen LogP contribution in [0.4, 0.5) is 0 Å². The van der Waals surface area contributed by atoms with E-state index in [1.165, 1.54) is 5.56 Å². The number of rotatable bonds is 5. The van der Waals surface area contributed by atoms with Gasteiger partial charge in [-0.05, 0) is 44.0 Å². The van der Waals surface area contributed by atoms with E-state index in [1.807, 2.05) is 12.1 Å². The molecule has 3 aromatic rings.